The monoisotopic (exact) mass is 182 g/mol. The molecule has 0 bridgehead atoms. The summed E-state index contributed by atoms with van der Waals surface area (Å²) in [4.78, 5) is 5.08. The molecular weight excluding hydrogens is 160 g/mol. The average molecular weight is 182 g/mol. The molecule has 0 aromatic rings. The molecule has 0 aromatic heterocycles. The van der Waals surface area contributed by atoms with Crippen LogP contribution in [-0.4, -0.2) is 49.6 Å². The Hall–Kier alpha value is -0.0800. The lowest BCUT2D eigenvalue weighted by molar-refractivity contribution is -0.0312. The standard InChI is InChI=1S/C11H22N2/c1-3-6-13-7-4-11(5-8-13)9-12(2)10-11/h3-10H2,1-2H3. The van der Waals surface area contributed by atoms with Crippen LogP contribution in [0.3, 0.4) is 0 Å². The van der Waals surface area contributed by atoms with Crippen LogP contribution in [0.15, 0.2) is 0 Å². The molecule has 0 amide bonds. The minimum absolute atomic E-state index is 0.735. The van der Waals surface area contributed by atoms with Gasteiger partial charge in [0.25, 0.3) is 0 Å². The van der Waals surface area contributed by atoms with E-state index in [1.165, 1.54) is 52.0 Å². The predicted molar refractivity (Wildman–Crippen MR) is 55.9 cm³/mol. The number of hydrogen-bond donors (Lipinski definition) is 0. The molecule has 2 heteroatoms. The summed E-state index contributed by atoms with van der Waals surface area (Å²) in [5, 5.41) is 0. The van der Waals surface area contributed by atoms with Crippen LogP contribution >= 0.6 is 0 Å². The number of nitrogens with zero attached hydrogens (tertiary/aromatic N) is 2. The third kappa shape index (κ3) is 1.89. The molecule has 0 N–H and O–H groups in total. The molecule has 0 aromatic carbocycles. The Kier molecular flexibility index (Phi) is 2.61. The maximum atomic E-state index is 2.63. The molecule has 2 nitrogen and oxygen atoms in total. The van der Waals surface area contributed by atoms with Gasteiger partial charge in [-0.25, -0.2) is 0 Å². The van der Waals surface area contributed by atoms with Gasteiger partial charge in [0, 0.05) is 13.1 Å². The van der Waals surface area contributed by atoms with E-state index in [0.717, 1.165) is 5.41 Å². The van der Waals surface area contributed by atoms with Crippen LogP contribution in [0.4, 0.5) is 0 Å². The van der Waals surface area contributed by atoms with E-state index in [0.29, 0.717) is 0 Å². The van der Waals surface area contributed by atoms with Gasteiger partial charge in [-0.15, -0.1) is 0 Å². The lowest BCUT2D eigenvalue weighted by Crippen LogP contribution is -2.58. The Balaban J connectivity index is 1.77. The van der Waals surface area contributed by atoms with Crippen LogP contribution < -0.4 is 0 Å². The van der Waals surface area contributed by atoms with E-state index in [-0.39, 0.29) is 0 Å². The largest absolute Gasteiger partial charge is 0.305 e. The molecule has 2 rings (SSSR count). The number of hydrogen-bond acceptors (Lipinski definition) is 2. The zero-order chi connectivity index (χ0) is 9.31. The SMILES string of the molecule is CCCN1CCC2(CC1)CN(C)C2. The van der Waals surface area contributed by atoms with Crippen molar-refractivity contribution in [3.05, 3.63) is 0 Å². The van der Waals surface area contributed by atoms with Crippen molar-refractivity contribution in [3.63, 3.8) is 0 Å². The highest BCUT2D eigenvalue weighted by molar-refractivity contribution is 4.96. The molecule has 76 valence electrons. The van der Waals surface area contributed by atoms with Crippen LogP contribution in [0.1, 0.15) is 26.2 Å². The lowest BCUT2D eigenvalue weighted by Gasteiger charge is -2.53. The fourth-order valence-corrected chi connectivity index (χ4v) is 2.98. The first-order valence-corrected chi connectivity index (χ1v) is 5.65. The second kappa shape index (κ2) is 3.58. The van der Waals surface area contributed by atoms with Crippen molar-refractivity contribution in [1.29, 1.82) is 0 Å². The molecule has 0 atom stereocenters. The summed E-state index contributed by atoms with van der Waals surface area (Å²) < 4.78 is 0. The Morgan fingerprint density at radius 2 is 1.77 bits per heavy atom. The number of likely N-dealkylation sites (tertiary alicyclic amines) is 2. The summed E-state index contributed by atoms with van der Waals surface area (Å²) in [6.07, 6.45) is 4.20. The molecule has 2 heterocycles. The Morgan fingerprint density at radius 1 is 1.15 bits per heavy atom. The van der Waals surface area contributed by atoms with E-state index in [4.69, 9.17) is 0 Å². The molecule has 0 saturated carbocycles. The van der Waals surface area contributed by atoms with Gasteiger partial charge >= 0.3 is 0 Å². The summed E-state index contributed by atoms with van der Waals surface area (Å²) in [5.74, 6) is 0. The van der Waals surface area contributed by atoms with Crippen molar-refractivity contribution in [2.45, 2.75) is 26.2 Å². The van der Waals surface area contributed by atoms with E-state index < -0.39 is 0 Å². The summed E-state index contributed by atoms with van der Waals surface area (Å²) in [7, 11) is 2.24. The molecule has 13 heavy (non-hydrogen) atoms. The second-order valence-corrected chi connectivity index (χ2v) is 5.01. The third-order valence-corrected chi connectivity index (χ3v) is 3.67. The fraction of sp³-hybridized carbons (Fsp3) is 1.00. The van der Waals surface area contributed by atoms with Crippen LogP contribution in [0, 0.1) is 5.41 Å². The van der Waals surface area contributed by atoms with Crippen molar-refractivity contribution < 1.29 is 0 Å². The van der Waals surface area contributed by atoms with Gasteiger partial charge in [-0.2, -0.15) is 0 Å². The summed E-state index contributed by atoms with van der Waals surface area (Å²) in [5.41, 5.74) is 0.735. The van der Waals surface area contributed by atoms with E-state index in [1.807, 2.05) is 0 Å². The van der Waals surface area contributed by atoms with Gasteiger partial charge in [0.1, 0.15) is 0 Å². The molecule has 0 aliphatic carbocycles. The molecule has 0 unspecified atom stereocenters. The van der Waals surface area contributed by atoms with Gasteiger partial charge in [-0.05, 0) is 51.4 Å². The lowest BCUT2D eigenvalue weighted by atomic mass is 9.72. The second-order valence-electron chi connectivity index (χ2n) is 5.01. The van der Waals surface area contributed by atoms with Gasteiger partial charge in [-0.1, -0.05) is 6.92 Å². The summed E-state index contributed by atoms with van der Waals surface area (Å²) in [6, 6.07) is 0. The highest BCUT2D eigenvalue weighted by atomic mass is 15.2. The highest BCUT2D eigenvalue weighted by Gasteiger charge is 2.42. The van der Waals surface area contributed by atoms with Crippen molar-refractivity contribution >= 4 is 0 Å². The van der Waals surface area contributed by atoms with Crippen LogP contribution in [0.25, 0.3) is 0 Å². The normalized spacial score (nSPS) is 29.1. The quantitative estimate of drug-likeness (QED) is 0.637. The first kappa shape index (κ1) is 9.47. The van der Waals surface area contributed by atoms with E-state index in [9.17, 15) is 0 Å². The zero-order valence-corrected chi connectivity index (χ0v) is 9.05. The fourth-order valence-electron chi connectivity index (χ4n) is 2.98. The maximum absolute atomic E-state index is 2.63. The maximum Gasteiger partial charge on any atom is 0.00484 e. The van der Waals surface area contributed by atoms with Crippen molar-refractivity contribution in [2.24, 2.45) is 5.41 Å². The average Bonchev–Trinajstić information content (AvgIpc) is 2.07. The van der Waals surface area contributed by atoms with Gasteiger partial charge in [0.15, 0.2) is 0 Å². The molecule has 2 aliphatic heterocycles. The minimum Gasteiger partial charge on any atom is -0.305 e. The predicted octanol–water partition coefficient (Wildman–Crippen LogP) is 1.42. The van der Waals surface area contributed by atoms with Gasteiger partial charge in [0.2, 0.25) is 0 Å². The van der Waals surface area contributed by atoms with Gasteiger partial charge in [0.05, 0.1) is 0 Å². The smallest absolute Gasteiger partial charge is 0.00484 e. The zero-order valence-electron chi connectivity index (χ0n) is 9.05. The van der Waals surface area contributed by atoms with Crippen LogP contribution in [0.2, 0.25) is 0 Å². The molecule has 0 radical (unpaired) electrons. The van der Waals surface area contributed by atoms with Gasteiger partial charge in [-0.3, -0.25) is 0 Å². The third-order valence-electron chi connectivity index (χ3n) is 3.67. The molecule has 2 saturated heterocycles. The molecular formula is C11H22N2. The highest BCUT2D eigenvalue weighted by Crippen LogP contribution is 2.39. The number of piperidine rings is 1. The van der Waals surface area contributed by atoms with Crippen LogP contribution in [-0.2, 0) is 0 Å². The van der Waals surface area contributed by atoms with E-state index in [2.05, 4.69) is 23.8 Å². The van der Waals surface area contributed by atoms with Crippen molar-refractivity contribution in [2.75, 3.05) is 39.8 Å². The summed E-state index contributed by atoms with van der Waals surface area (Å²) in [6.45, 7) is 9.00. The Morgan fingerprint density at radius 3 is 2.23 bits per heavy atom. The Labute approximate surface area is 81.9 Å². The number of rotatable bonds is 2. The first-order valence-electron chi connectivity index (χ1n) is 5.65. The molecule has 2 aliphatic rings. The van der Waals surface area contributed by atoms with Crippen LogP contribution in [0.5, 0.6) is 0 Å². The van der Waals surface area contributed by atoms with Gasteiger partial charge < -0.3 is 9.80 Å². The Bertz CT molecular complexity index is 163. The minimum atomic E-state index is 0.735. The van der Waals surface area contributed by atoms with Crippen molar-refractivity contribution in [1.82, 2.24) is 9.80 Å². The van der Waals surface area contributed by atoms with Crippen molar-refractivity contribution in [3.8, 4) is 0 Å². The van der Waals surface area contributed by atoms with E-state index >= 15 is 0 Å². The van der Waals surface area contributed by atoms with E-state index in [1.54, 1.807) is 0 Å². The first-order chi connectivity index (χ1) is 6.24. The molecule has 1 spiro atoms. The topological polar surface area (TPSA) is 6.48 Å². The molecule has 2 fully saturated rings. The summed E-state index contributed by atoms with van der Waals surface area (Å²) >= 11 is 0.